The molecule has 0 aliphatic heterocycles. The number of aryl methyl sites for hydroxylation is 5. The number of benzene rings is 2. The highest BCUT2D eigenvalue weighted by Crippen LogP contribution is 2.23. The van der Waals surface area contributed by atoms with Gasteiger partial charge in [-0.1, -0.05) is 17.7 Å². The highest BCUT2D eigenvalue weighted by molar-refractivity contribution is 5.93. The zero-order valence-electron chi connectivity index (χ0n) is 15.3. The first-order valence-electron chi connectivity index (χ1n) is 8.28. The van der Waals surface area contributed by atoms with Gasteiger partial charge in [-0.3, -0.25) is 4.79 Å². The number of nitrogens with zero attached hydrogens (tertiary/aromatic N) is 2. The molecule has 0 spiro atoms. The predicted molar refractivity (Wildman–Crippen MR) is 100 cm³/mol. The van der Waals surface area contributed by atoms with E-state index in [4.69, 9.17) is 4.74 Å². The summed E-state index contributed by atoms with van der Waals surface area (Å²) in [7, 11) is 1.98. The van der Waals surface area contributed by atoms with E-state index in [1.54, 1.807) is 0 Å². The van der Waals surface area contributed by atoms with Gasteiger partial charge >= 0.3 is 0 Å². The highest BCUT2D eigenvalue weighted by atomic mass is 16.5. The van der Waals surface area contributed by atoms with Gasteiger partial charge in [0.2, 0.25) is 0 Å². The fraction of sp³-hybridized carbons (Fsp3) is 0.300. The summed E-state index contributed by atoms with van der Waals surface area (Å²) >= 11 is 0. The van der Waals surface area contributed by atoms with Crippen molar-refractivity contribution in [3.8, 4) is 5.75 Å². The van der Waals surface area contributed by atoms with Crippen molar-refractivity contribution >= 4 is 22.6 Å². The van der Waals surface area contributed by atoms with E-state index in [1.807, 2.05) is 57.5 Å². The van der Waals surface area contributed by atoms with Crippen LogP contribution in [0.2, 0.25) is 0 Å². The fourth-order valence-corrected chi connectivity index (χ4v) is 3.09. The van der Waals surface area contributed by atoms with Gasteiger partial charge in [-0.05, 0) is 51.0 Å². The molecule has 0 aliphatic rings. The molecule has 5 heteroatoms. The second kappa shape index (κ2) is 6.59. The van der Waals surface area contributed by atoms with Crippen LogP contribution < -0.4 is 10.1 Å². The number of anilines is 1. The Hall–Kier alpha value is -2.82. The van der Waals surface area contributed by atoms with Gasteiger partial charge < -0.3 is 14.6 Å². The van der Waals surface area contributed by atoms with Crippen molar-refractivity contribution in [2.45, 2.75) is 27.7 Å². The van der Waals surface area contributed by atoms with Crippen LogP contribution >= 0.6 is 0 Å². The zero-order chi connectivity index (χ0) is 18.1. The van der Waals surface area contributed by atoms with Gasteiger partial charge in [-0.15, -0.1) is 0 Å². The van der Waals surface area contributed by atoms with E-state index in [0.29, 0.717) is 5.75 Å². The van der Waals surface area contributed by atoms with E-state index in [-0.39, 0.29) is 12.5 Å². The number of aromatic nitrogens is 2. The summed E-state index contributed by atoms with van der Waals surface area (Å²) in [5.74, 6) is 1.40. The van der Waals surface area contributed by atoms with Crippen LogP contribution in [0.3, 0.4) is 0 Å². The third-order valence-corrected chi connectivity index (χ3v) is 4.39. The summed E-state index contributed by atoms with van der Waals surface area (Å²) in [5.41, 5.74) is 6.05. The molecule has 130 valence electrons. The normalized spacial score (nSPS) is 10.9. The number of carbonyl (C=O) groups excluding carboxylic acids is 1. The minimum Gasteiger partial charge on any atom is -0.484 e. The number of amides is 1. The number of nitrogens with one attached hydrogen (secondary N) is 1. The molecule has 0 aliphatic carbocycles. The van der Waals surface area contributed by atoms with Crippen molar-refractivity contribution in [1.82, 2.24) is 9.55 Å². The molecular formula is C20H23N3O2. The molecule has 1 heterocycles. The predicted octanol–water partition coefficient (Wildman–Crippen LogP) is 3.82. The first-order chi connectivity index (χ1) is 11.8. The van der Waals surface area contributed by atoms with Gasteiger partial charge in [0.15, 0.2) is 6.61 Å². The topological polar surface area (TPSA) is 56.1 Å². The van der Waals surface area contributed by atoms with Crippen molar-refractivity contribution in [3.05, 3.63) is 52.8 Å². The van der Waals surface area contributed by atoms with Crippen molar-refractivity contribution in [3.63, 3.8) is 0 Å². The Labute approximate surface area is 147 Å². The second-order valence-electron chi connectivity index (χ2n) is 6.48. The molecule has 0 radical (unpaired) electrons. The maximum absolute atomic E-state index is 12.2. The summed E-state index contributed by atoms with van der Waals surface area (Å²) in [6.07, 6.45) is 0. The van der Waals surface area contributed by atoms with Gasteiger partial charge in [0.25, 0.3) is 5.91 Å². The first kappa shape index (κ1) is 17.0. The van der Waals surface area contributed by atoms with Crippen molar-refractivity contribution in [1.29, 1.82) is 0 Å². The Morgan fingerprint density at radius 2 is 1.80 bits per heavy atom. The van der Waals surface area contributed by atoms with Gasteiger partial charge in [-0.25, -0.2) is 4.98 Å². The van der Waals surface area contributed by atoms with Crippen LogP contribution in [-0.4, -0.2) is 22.1 Å². The number of fused-ring (bicyclic) bond motifs is 1. The van der Waals surface area contributed by atoms with Crippen LogP contribution in [0.15, 0.2) is 30.3 Å². The van der Waals surface area contributed by atoms with Crippen LogP contribution in [0.25, 0.3) is 11.0 Å². The largest absolute Gasteiger partial charge is 0.484 e. The lowest BCUT2D eigenvalue weighted by molar-refractivity contribution is -0.118. The van der Waals surface area contributed by atoms with Crippen molar-refractivity contribution in [2.75, 3.05) is 11.9 Å². The highest BCUT2D eigenvalue weighted by Gasteiger charge is 2.10. The van der Waals surface area contributed by atoms with E-state index >= 15 is 0 Å². The molecule has 0 bridgehead atoms. The van der Waals surface area contributed by atoms with Crippen molar-refractivity contribution < 1.29 is 9.53 Å². The molecule has 5 nitrogen and oxygen atoms in total. The minimum absolute atomic E-state index is 0.0376. The van der Waals surface area contributed by atoms with Crippen LogP contribution in [0.4, 0.5) is 5.69 Å². The molecule has 0 saturated heterocycles. The smallest absolute Gasteiger partial charge is 0.262 e. The van der Waals surface area contributed by atoms with Gasteiger partial charge in [0, 0.05) is 18.8 Å². The minimum atomic E-state index is -0.174. The zero-order valence-corrected chi connectivity index (χ0v) is 15.3. The lowest BCUT2D eigenvalue weighted by Gasteiger charge is -2.13. The van der Waals surface area contributed by atoms with Gasteiger partial charge in [0.1, 0.15) is 11.6 Å². The fourth-order valence-electron chi connectivity index (χ4n) is 3.09. The van der Waals surface area contributed by atoms with E-state index in [1.165, 1.54) is 5.56 Å². The Balaban J connectivity index is 1.68. The molecule has 2 aromatic carbocycles. The van der Waals surface area contributed by atoms with Crippen LogP contribution in [0.1, 0.15) is 22.5 Å². The number of imidazole rings is 1. The third kappa shape index (κ3) is 3.50. The maximum atomic E-state index is 12.2. The molecule has 0 saturated carbocycles. The van der Waals surface area contributed by atoms with Gasteiger partial charge in [0.05, 0.1) is 11.0 Å². The first-order valence-corrected chi connectivity index (χ1v) is 8.28. The van der Waals surface area contributed by atoms with Crippen LogP contribution in [0, 0.1) is 27.7 Å². The Morgan fingerprint density at radius 3 is 2.48 bits per heavy atom. The molecule has 25 heavy (non-hydrogen) atoms. The third-order valence-electron chi connectivity index (χ3n) is 4.39. The average Bonchev–Trinajstić information content (AvgIpc) is 2.83. The average molecular weight is 337 g/mol. The number of ether oxygens (including phenoxy) is 1. The molecule has 1 amide bonds. The SMILES string of the molecule is Cc1cc(C)c(NC(=O)COc2ccc3c(c2)nc(C)n3C)c(C)c1. The molecular weight excluding hydrogens is 314 g/mol. The summed E-state index contributed by atoms with van der Waals surface area (Å²) in [5, 5.41) is 2.94. The lowest BCUT2D eigenvalue weighted by atomic mass is 10.1. The molecule has 1 N–H and O–H groups in total. The van der Waals surface area contributed by atoms with Crippen molar-refractivity contribution in [2.24, 2.45) is 7.05 Å². The number of hydrogen-bond acceptors (Lipinski definition) is 3. The van der Waals surface area contributed by atoms with E-state index in [2.05, 4.69) is 22.4 Å². The standard InChI is InChI=1S/C20H23N3O2/c1-12-8-13(2)20(14(3)9-12)22-19(24)11-25-16-6-7-18-17(10-16)21-15(4)23(18)5/h6-10H,11H2,1-5H3,(H,22,24). The molecule has 0 fully saturated rings. The van der Waals surface area contributed by atoms with E-state index in [9.17, 15) is 4.79 Å². The number of carbonyl (C=O) groups is 1. The summed E-state index contributed by atoms with van der Waals surface area (Å²) < 4.78 is 7.66. The Bertz CT molecular complexity index is 934. The number of hydrogen-bond donors (Lipinski definition) is 1. The molecule has 3 rings (SSSR count). The van der Waals surface area contributed by atoms with Crippen LogP contribution in [0.5, 0.6) is 5.75 Å². The second-order valence-corrected chi connectivity index (χ2v) is 6.48. The maximum Gasteiger partial charge on any atom is 0.262 e. The molecule has 0 unspecified atom stereocenters. The van der Waals surface area contributed by atoms with E-state index < -0.39 is 0 Å². The Kier molecular flexibility index (Phi) is 4.49. The molecule has 3 aromatic rings. The Morgan fingerprint density at radius 1 is 1.12 bits per heavy atom. The monoisotopic (exact) mass is 337 g/mol. The summed E-state index contributed by atoms with van der Waals surface area (Å²) in [6, 6.07) is 9.79. The number of rotatable bonds is 4. The van der Waals surface area contributed by atoms with Gasteiger partial charge in [-0.2, -0.15) is 0 Å². The lowest BCUT2D eigenvalue weighted by Crippen LogP contribution is -2.21. The summed E-state index contributed by atoms with van der Waals surface area (Å²) in [6.45, 7) is 7.95. The van der Waals surface area contributed by atoms with E-state index in [0.717, 1.165) is 33.7 Å². The quantitative estimate of drug-likeness (QED) is 0.787. The molecule has 1 aromatic heterocycles. The van der Waals surface area contributed by atoms with Crippen LogP contribution in [-0.2, 0) is 11.8 Å². The molecule has 0 atom stereocenters. The summed E-state index contributed by atoms with van der Waals surface area (Å²) in [4.78, 5) is 16.7.